The molecule has 0 N–H and O–H groups in total. The molecule has 0 atom stereocenters. The molecule has 0 bridgehead atoms. The Hall–Kier alpha value is -2.98. The zero-order chi connectivity index (χ0) is 18.0. The van der Waals surface area contributed by atoms with Crippen LogP contribution in [0.2, 0.25) is 0 Å². The van der Waals surface area contributed by atoms with Crippen LogP contribution in [0.5, 0.6) is 0 Å². The number of rotatable bonds is 1. The summed E-state index contributed by atoms with van der Waals surface area (Å²) in [6.07, 6.45) is 1.75. The van der Waals surface area contributed by atoms with E-state index in [9.17, 15) is 9.59 Å². The van der Waals surface area contributed by atoms with Gasteiger partial charge in [0.15, 0.2) is 11.6 Å². The van der Waals surface area contributed by atoms with Crippen molar-refractivity contribution in [3.63, 3.8) is 0 Å². The topological polar surface area (TPSA) is 39.1 Å². The second-order valence-electron chi connectivity index (χ2n) is 6.70. The van der Waals surface area contributed by atoms with Crippen LogP contribution in [0.25, 0.3) is 27.1 Å². The van der Waals surface area contributed by atoms with Crippen molar-refractivity contribution in [1.82, 2.24) is 4.57 Å². The summed E-state index contributed by atoms with van der Waals surface area (Å²) >= 11 is 1.60. The molecule has 1 aliphatic carbocycles. The van der Waals surface area contributed by atoms with E-state index >= 15 is 0 Å². The molecule has 0 spiro atoms. The number of hydrogen-bond donors (Lipinski definition) is 0. The minimum absolute atomic E-state index is 0.176. The lowest BCUT2D eigenvalue weighted by Gasteiger charge is -2.00. The summed E-state index contributed by atoms with van der Waals surface area (Å²) in [6.45, 7) is 2.07. The van der Waals surface area contributed by atoms with Crippen molar-refractivity contribution in [2.75, 3.05) is 0 Å². The van der Waals surface area contributed by atoms with Gasteiger partial charge in [-0.05, 0) is 48.0 Å². The lowest BCUT2D eigenvalue weighted by molar-refractivity contribution is 0.0990. The minimum atomic E-state index is -0.176. The zero-order valence-corrected chi connectivity index (χ0v) is 15.2. The first kappa shape index (κ1) is 15.3. The smallest absolute Gasteiger partial charge is 0.197 e. The molecule has 26 heavy (non-hydrogen) atoms. The van der Waals surface area contributed by atoms with Gasteiger partial charge >= 0.3 is 0 Å². The molecule has 0 amide bonds. The number of fused-ring (bicyclic) bond motifs is 3. The van der Waals surface area contributed by atoms with E-state index in [0.29, 0.717) is 11.1 Å². The monoisotopic (exact) mass is 357 g/mol. The van der Waals surface area contributed by atoms with Gasteiger partial charge in [-0.2, -0.15) is 0 Å². The Morgan fingerprint density at radius 2 is 1.54 bits per heavy atom. The normalized spacial score (nSPS) is 13.8. The van der Waals surface area contributed by atoms with Crippen molar-refractivity contribution in [2.24, 2.45) is 7.05 Å². The maximum Gasteiger partial charge on any atom is 0.197 e. The highest BCUT2D eigenvalue weighted by atomic mass is 32.1. The first-order chi connectivity index (χ1) is 12.5. The van der Waals surface area contributed by atoms with E-state index in [0.717, 1.165) is 25.9 Å². The number of aryl methyl sites for hydroxylation is 2. The average Bonchev–Trinajstić information content (AvgIpc) is 3.22. The Morgan fingerprint density at radius 1 is 0.923 bits per heavy atom. The van der Waals surface area contributed by atoms with Crippen LogP contribution >= 0.6 is 11.3 Å². The van der Waals surface area contributed by atoms with E-state index in [1.165, 1.54) is 5.69 Å². The number of allylic oxidation sites excluding steroid dienone is 1. The van der Waals surface area contributed by atoms with Crippen LogP contribution in [0, 0.1) is 6.92 Å². The summed E-state index contributed by atoms with van der Waals surface area (Å²) in [5, 5.41) is 1.96. The van der Waals surface area contributed by atoms with Gasteiger partial charge in [0.2, 0.25) is 0 Å². The largest absolute Gasteiger partial charge is 0.347 e. The Balaban J connectivity index is 1.64. The third-order valence-corrected chi connectivity index (χ3v) is 6.16. The quantitative estimate of drug-likeness (QED) is 0.348. The van der Waals surface area contributed by atoms with Crippen LogP contribution in [0.15, 0.2) is 54.1 Å². The van der Waals surface area contributed by atoms with Gasteiger partial charge in [0.05, 0.1) is 15.8 Å². The standard InChI is InChI=1S/C22H15NO2S/c1-12-7-20-19(23(12)2)11-15(26-20)10-18-21(24)16-8-13-5-3-4-6-14(13)9-17(16)22(18)25/h3-11H,1-2H3. The summed E-state index contributed by atoms with van der Waals surface area (Å²) in [4.78, 5) is 26.6. The fourth-order valence-electron chi connectivity index (χ4n) is 3.61. The van der Waals surface area contributed by atoms with Crippen LogP contribution < -0.4 is 0 Å². The molecule has 0 aliphatic heterocycles. The van der Waals surface area contributed by atoms with Gasteiger partial charge in [-0.3, -0.25) is 9.59 Å². The molecule has 4 aromatic rings. The zero-order valence-electron chi connectivity index (χ0n) is 14.4. The van der Waals surface area contributed by atoms with Crippen LogP contribution in [-0.4, -0.2) is 16.1 Å². The highest BCUT2D eigenvalue weighted by Crippen LogP contribution is 2.34. The molecule has 1 aliphatic rings. The Morgan fingerprint density at radius 3 is 2.12 bits per heavy atom. The molecule has 2 aromatic carbocycles. The fraction of sp³-hybridized carbons (Fsp3) is 0.0909. The molecule has 4 heteroatoms. The summed E-state index contributed by atoms with van der Waals surface area (Å²) < 4.78 is 3.28. The maximum atomic E-state index is 12.8. The first-order valence-electron chi connectivity index (χ1n) is 8.43. The number of aromatic nitrogens is 1. The molecule has 0 fully saturated rings. The van der Waals surface area contributed by atoms with E-state index in [2.05, 4.69) is 17.6 Å². The number of ketones is 2. The second kappa shape index (κ2) is 5.26. The number of thiophene rings is 1. The molecular weight excluding hydrogens is 342 g/mol. The molecule has 0 saturated heterocycles. The Labute approximate surface area is 154 Å². The summed E-state index contributed by atoms with van der Waals surface area (Å²) in [6, 6.07) is 15.6. The summed E-state index contributed by atoms with van der Waals surface area (Å²) in [5.41, 5.74) is 3.60. The number of hydrogen-bond acceptors (Lipinski definition) is 3. The average molecular weight is 357 g/mol. The highest BCUT2D eigenvalue weighted by molar-refractivity contribution is 7.19. The molecule has 0 saturated carbocycles. The van der Waals surface area contributed by atoms with Gasteiger partial charge in [0.1, 0.15) is 0 Å². The van der Waals surface area contributed by atoms with Crippen LogP contribution in [0.4, 0.5) is 0 Å². The van der Waals surface area contributed by atoms with Crippen molar-refractivity contribution >= 4 is 50.0 Å². The van der Waals surface area contributed by atoms with Crippen LogP contribution in [0.1, 0.15) is 31.3 Å². The highest BCUT2D eigenvalue weighted by Gasteiger charge is 2.33. The van der Waals surface area contributed by atoms with E-state index in [1.807, 2.05) is 49.5 Å². The molecule has 126 valence electrons. The maximum absolute atomic E-state index is 12.8. The number of Topliss-reactive ketones (excluding diaryl/α,β-unsaturated/α-hetero) is 2. The predicted octanol–water partition coefficient (Wildman–Crippen LogP) is 5.16. The summed E-state index contributed by atoms with van der Waals surface area (Å²) in [7, 11) is 2.02. The number of benzene rings is 2. The molecular formula is C22H15NO2S. The third kappa shape index (κ3) is 2.06. The molecule has 2 aromatic heterocycles. The van der Waals surface area contributed by atoms with E-state index in [1.54, 1.807) is 17.4 Å². The molecule has 5 rings (SSSR count). The first-order valence-corrected chi connectivity index (χ1v) is 9.24. The molecule has 2 heterocycles. The van der Waals surface area contributed by atoms with Gasteiger partial charge in [-0.1, -0.05) is 24.3 Å². The lowest BCUT2D eigenvalue weighted by atomic mass is 10.0. The van der Waals surface area contributed by atoms with Gasteiger partial charge in [-0.15, -0.1) is 11.3 Å². The SMILES string of the molecule is Cc1cc2sc(C=C3C(=O)c4cc5ccccc5cc4C3=O)cc2n1C. The van der Waals surface area contributed by atoms with Gasteiger partial charge < -0.3 is 4.57 Å². The van der Waals surface area contributed by atoms with Crippen LogP contribution in [-0.2, 0) is 7.05 Å². The van der Waals surface area contributed by atoms with Crippen LogP contribution in [0.3, 0.4) is 0 Å². The van der Waals surface area contributed by atoms with Crippen molar-refractivity contribution in [2.45, 2.75) is 6.92 Å². The molecule has 3 nitrogen and oxygen atoms in total. The number of carbonyl (C=O) groups is 2. The van der Waals surface area contributed by atoms with E-state index < -0.39 is 0 Å². The fourth-order valence-corrected chi connectivity index (χ4v) is 4.74. The van der Waals surface area contributed by atoms with E-state index in [-0.39, 0.29) is 17.1 Å². The van der Waals surface area contributed by atoms with Gasteiger partial charge in [0.25, 0.3) is 0 Å². The minimum Gasteiger partial charge on any atom is -0.347 e. The lowest BCUT2D eigenvalue weighted by Crippen LogP contribution is -1.99. The number of nitrogens with zero attached hydrogens (tertiary/aromatic N) is 1. The molecule has 0 radical (unpaired) electrons. The van der Waals surface area contributed by atoms with Gasteiger partial charge in [-0.25, -0.2) is 0 Å². The Kier molecular flexibility index (Phi) is 3.09. The predicted molar refractivity (Wildman–Crippen MR) is 106 cm³/mol. The Bertz CT molecular complexity index is 1230. The molecule has 0 unspecified atom stereocenters. The van der Waals surface area contributed by atoms with Gasteiger partial charge in [0, 0.05) is 28.7 Å². The second-order valence-corrected chi connectivity index (χ2v) is 7.82. The van der Waals surface area contributed by atoms with Crippen molar-refractivity contribution < 1.29 is 9.59 Å². The summed E-state index contributed by atoms with van der Waals surface area (Å²) in [5.74, 6) is -0.353. The van der Waals surface area contributed by atoms with Crippen molar-refractivity contribution in [3.05, 3.63) is 75.8 Å². The van der Waals surface area contributed by atoms with Crippen molar-refractivity contribution in [3.8, 4) is 0 Å². The van der Waals surface area contributed by atoms with Crippen molar-refractivity contribution in [1.29, 1.82) is 0 Å². The van der Waals surface area contributed by atoms with E-state index in [4.69, 9.17) is 0 Å². The number of carbonyl (C=O) groups excluding carboxylic acids is 2. The third-order valence-electron chi connectivity index (χ3n) is 5.14.